The monoisotopic (exact) mass is 291 g/mol. The van der Waals surface area contributed by atoms with Crippen molar-refractivity contribution in [1.29, 1.82) is 0 Å². The van der Waals surface area contributed by atoms with E-state index in [1.54, 1.807) is 12.3 Å². The van der Waals surface area contributed by atoms with Gasteiger partial charge in [-0.15, -0.1) is 0 Å². The Balaban J connectivity index is 2.35. The Morgan fingerprint density at radius 3 is 2.95 bits per heavy atom. The van der Waals surface area contributed by atoms with Crippen LogP contribution in [-0.2, 0) is 4.74 Å². The Morgan fingerprint density at radius 1 is 1.43 bits per heavy atom. The number of aliphatic hydroxyl groups is 1. The molecule has 0 aliphatic rings. The molecule has 0 unspecified atom stereocenters. The summed E-state index contributed by atoms with van der Waals surface area (Å²) >= 11 is 0. The van der Waals surface area contributed by atoms with Crippen molar-refractivity contribution in [3.8, 4) is 11.8 Å². The van der Waals surface area contributed by atoms with Crippen molar-refractivity contribution in [2.24, 2.45) is 0 Å². The number of nitrogens with one attached hydrogen (secondary N) is 1. The number of amides is 1. The molecule has 1 aromatic heterocycles. The zero-order valence-electron chi connectivity index (χ0n) is 12.4. The van der Waals surface area contributed by atoms with Gasteiger partial charge < -0.3 is 20.1 Å². The van der Waals surface area contributed by atoms with E-state index in [9.17, 15) is 4.79 Å². The lowest BCUT2D eigenvalue weighted by molar-refractivity contribution is 0.0900. The zero-order valence-corrected chi connectivity index (χ0v) is 12.4. The summed E-state index contributed by atoms with van der Waals surface area (Å²) in [6, 6.07) is 1.64. The topological polar surface area (TPSA) is 74.7 Å². The number of carbonyl (C=O) groups excluding carboxylic acids is 1. The average Bonchev–Trinajstić information content (AvgIpc) is 2.48. The van der Waals surface area contributed by atoms with Gasteiger partial charge in [0.15, 0.2) is 0 Å². The van der Waals surface area contributed by atoms with Gasteiger partial charge >= 0.3 is 0 Å². The van der Waals surface area contributed by atoms with Gasteiger partial charge in [-0.3, -0.25) is 9.78 Å². The molecule has 1 heterocycles. The van der Waals surface area contributed by atoms with Gasteiger partial charge in [-0.2, -0.15) is 0 Å². The fraction of sp³-hybridized carbons (Fsp3) is 0.467. The van der Waals surface area contributed by atoms with E-state index in [0.29, 0.717) is 30.9 Å². The van der Waals surface area contributed by atoms with Gasteiger partial charge in [-0.1, -0.05) is 11.8 Å². The third-order valence-corrected chi connectivity index (χ3v) is 2.53. The molecule has 0 spiro atoms. The van der Waals surface area contributed by atoms with Crippen LogP contribution in [0.1, 0.15) is 15.9 Å². The Kier molecular flexibility index (Phi) is 8.05. The molecule has 1 amide bonds. The number of likely N-dealkylation sites (N-methyl/N-ethyl adjacent to an activating group) is 1. The molecular weight excluding hydrogens is 270 g/mol. The average molecular weight is 291 g/mol. The maximum atomic E-state index is 11.9. The Hall–Kier alpha value is -1.94. The minimum atomic E-state index is -0.222. The Bertz CT molecular complexity index is 506. The molecule has 1 aromatic rings. The van der Waals surface area contributed by atoms with Crippen LogP contribution in [0.25, 0.3) is 0 Å². The number of carbonyl (C=O) groups is 1. The number of pyridine rings is 1. The van der Waals surface area contributed by atoms with E-state index in [1.807, 2.05) is 19.0 Å². The van der Waals surface area contributed by atoms with Crippen LogP contribution in [0.5, 0.6) is 0 Å². The van der Waals surface area contributed by atoms with Crippen LogP contribution >= 0.6 is 0 Å². The molecule has 0 aromatic carbocycles. The summed E-state index contributed by atoms with van der Waals surface area (Å²) in [7, 11) is 3.95. The molecule has 0 saturated heterocycles. The maximum absolute atomic E-state index is 11.9. The number of hydrogen-bond donors (Lipinski definition) is 2. The lowest BCUT2D eigenvalue weighted by Crippen LogP contribution is -2.28. The zero-order chi connectivity index (χ0) is 15.5. The van der Waals surface area contributed by atoms with E-state index in [2.05, 4.69) is 22.1 Å². The third-order valence-electron chi connectivity index (χ3n) is 2.53. The van der Waals surface area contributed by atoms with Crippen molar-refractivity contribution in [2.45, 2.75) is 0 Å². The molecule has 1 rings (SSSR count). The summed E-state index contributed by atoms with van der Waals surface area (Å²) in [5.74, 6) is 5.01. The molecule has 0 bridgehead atoms. The fourth-order valence-corrected chi connectivity index (χ4v) is 1.46. The minimum absolute atomic E-state index is 0.216. The first-order chi connectivity index (χ1) is 10.1. The number of aliphatic hydroxyl groups excluding tert-OH is 1. The van der Waals surface area contributed by atoms with E-state index < -0.39 is 0 Å². The lowest BCUT2D eigenvalue weighted by atomic mass is 10.2. The van der Waals surface area contributed by atoms with Crippen LogP contribution in [-0.4, -0.2) is 67.9 Å². The largest absolute Gasteiger partial charge is 0.384 e. The second kappa shape index (κ2) is 9.88. The molecule has 0 aliphatic heterocycles. The summed E-state index contributed by atoms with van der Waals surface area (Å²) in [5, 5.41) is 11.4. The van der Waals surface area contributed by atoms with E-state index in [0.717, 1.165) is 6.54 Å². The van der Waals surface area contributed by atoms with Gasteiger partial charge in [0.2, 0.25) is 0 Å². The fourth-order valence-electron chi connectivity index (χ4n) is 1.46. The van der Waals surface area contributed by atoms with Crippen LogP contribution < -0.4 is 5.32 Å². The minimum Gasteiger partial charge on any atom is -0.384 e. The van der Waals surface area contributed by atoms with Gasteiger partial charge in [0.25, 0.3) is 5.91 Å². The molecule has 114 valence electrons. The number of rotatable bonds is 7. The first-order valence-electron chi connectivity index (χ1n) is 6.69. The van der Waals surface area contributed by atoms with E-state index in [4.69, 9.17) is 9.84 Å². The highest BCUT2D eigenvalue weighted by Gasteiger charge is 2.05. The normalized spacial score (nSPS) is 10.1. The number of nitrogens with zero attached hydrogens (tertiary/aromatic N) is 2. The van der Waals surface area contributed by atoms with Gasteiger partial charge in [-0.25, -0.2) is 0 Å². The Labute approximate surface area is 125 Å². The van der Waals surface area contributed by atoms with Crippen molar-refractivity contribution >= 4 is 5.91 Å². The predicted molar refractivity (Wildman–Crippen MR) is 79.9 cm³/mol. The number of ether oxygens (including phenoxy) is 1. The summed E-state index contributed by atoms with van der Waals surface area (Å²) in [6.07, 6.45) is 3.02. The molecule has 6 heteroatoms. The summed E-state index contributed by atoms with van der Waals surface area (Å²) in [6.45, 7) is 2.18. The van der Waals surface area contributed by atoms with E-state index >= 15 is 0 Å². The second-order valence-electron chi connectivity index (χ2n) is 4.59. The van der Waals surface area contributed by atoms with Crippen molar-refractivity contribution in [3.63, 3.8) is 0 Å². The molecule has 0 saturated carbocycles. The van der Waals surface area contributed by atoms with E-state index in [-0.39, 0.29) is 12.5 Å². The molecule has 6 nitrogen and oxygen atoms in total. The SMILES string of the molecule is CN(C)CCOCCNC(=O)c1cncc(C#CCO)c1. The third kappa shape index (κ3) is 7.42. The molecule has 21 heavy (non-hydrogen) atoms. The molecule has 0 atom stereocenters. The van der Waals surface area contributed by atoms with Crippen molar-refractivity contribution in [1.82, 2.24) is 15.2 Å². The van der Waals surface area contributed by atoms with Gasteiger partial charge in [0.05, 0.1) is 18.8 Å². The highest BCUT2D eigenvalue weighted by Crippen LogP contribution is 2.01. The first-order valence-corrected chi connectivity index (χ1v) is 6.69. The van der Waals surface area contributed by atoms with E-state index in [1.165, 1.54) is 6.20 Å². The second-order valence-corrected chi connectivity index (χ2v) is 4.59. The van der Waals surface area contributed by atoms with Crippen LogP contribution in [0, 0.1) is 11.8 Å². The Morgan fingerprint density at radius 2 is 2.24 bits per heavy atom. The highest BCUT2D eigenvalue weighted by atomic mass is 16.5. The quantitative estimate of drug-likeness (QED) is 0.534. The molecular formula is C15H21N3O3. The molecule has 0 radical (unpaired) electrons. The van der Waals surface area contributed by atoms with Crippen molar-refractivity contribution < 1.29 is 14.6 Å². The first kappa shape index (κ1) is 17.1. The van der Waals surface area contributed by atoms with Crippen LogP contribution in [0.4, 0.5) is 0 Å². The van der Waals surface area contributed by atoms with Crippen molar-refractivity contribution in [2.75, 3.05) is 47.0 Å². The maximum Gasteiger partial charge on any atom is 0.252 e. The van der Waals surface area contributed by atoms with Crippen LogP contribution in [0.3, 0.4) is 0 Å². The molecule has 2 N–H and O–H groups in total. The van der Waals surface area contributed by atoms with Gasteiger partial charge in [0.1, 0.15) is 6.61 Å². The highest BCUT2D eigenvalue weighted by molar-refractivity contribution is 5.94. The number of aromatic nitrogens is 1. The smallest absolute Gasteiger partial charge is 0.252 e. The van der Waals surface area contributed by atoms with Crippen LogP contribution in [0.15, 0.2) is 18.5 Å². The van der Waals surface area contributed by atoms with Gasteiger partial charge in [-0.05, 0) is 20.2 Å². The number of hydrogen-bond acceptors (Lipinski definition) is 5. The van der Waals surface area contributed by atoms with Gasteiger partial charge in [0, 0.05) is 31.0 Å². The van der Waals surface area contributed by atoms with Crippen molar-refractivity contribution in [3.05, 3.63) is 29.6 Å². The summed E-state index contributed by atoms with van der Waals surface area (Å²) < 4.78 is 5.39. The summed E-state index contributed by atoms with van der Waals surface area (Å²) in [5.41, 5.74) is 1.03. The predicted octanol–water partition coefficient (Wildman–Crippen LogP) is -0.267. The molecule has 0 aliphatic carbocycles. The lowest BCUT2D eigenvalue weighted by Gasteiger charge is -2.10. The molecule has 0 fully saturated rings. The van der Waals surface area contributed by atoms with Crippen LogP contribution in [0.2, 0.25) is 0 Å². The standard InChI is InChI=1S/C15H21N3O3/c1-18(2)6-9-21-8-5-17-15(20)14-10-13(4-3-7-19)11-16-12-14/h10-12,19H,5-9H2,1-2H3,(H,17,20). The summed E-state index contributed by atoms with van der Waals surface area (Å²) in [4.78, 5) is 17.9.